The van der Waals surface area contributed by atoms with Crippen LogP contribution in [0.3, 0.4) is 0 Å². The molecule has 0 spiro atoms. The number of ether oxygens (including phenoxy) is 1. The van der Waals surface area contributed by atoms with Crippen molar-refractivity contribution in [3.63, 3.8) is 0 Å². The van der Waals surface area contributed by atoms with Gasteiger partial charge in [0.05, 0.1) is 18.8 Å². The Morgan fingerprint density at radius 2 is 2.44 bits per heavy atom. The normalized spacial score (nSPS) is 27.3. The number of hydrogen-bond acceptors (Lipinski definition) is 4. The number of aromatic nitrogens is 1. The van der Waals surface area contributed by atoms with Gasteiger partial charge in [-0.3, -0.25) is 0 Å². The van der Waals surface area contributed by atoms with Crippen LogP contribution in [0.1, 0.15) is 24.8 Å². The summed E-state index contributed by atoms with van der Waals surface area (Å²) in [5.41, 5.74) is 1.29. The predicted octanol–water partition coefficient (Wildman–Crippen LogP) is 1.56. The molecule has 0 amide bonds. The van der Waals surface area contributed by atoms with E-state index in [2.05, 4.69) is 27.3 Å². The van der Waals surface area contributed by atoms with Crippen LogP contribution in [0.4, 0.5) is 5.82 Å². The Morgan fingerprint density at radius 3 is 3.33 bits per heavy atom. The second-order valence-corrected chi connectivity index (χ2v) is 5.15. The van der Waals surface area contributed by atoms with E-state index in [-0.39, 0.29) is 0 Å². The SMILES string of the molecule is CNCc1ccnc(N2CCOC3CCCC32)c1. The summed E-state index contributed by atoms with van der Waals surface area (Å²) in [5.74, 6) is 1.11. The van der Waals surface area contributed by atoms with Gasteiger partial charge in [-0.2, -0.15) is 0 Å². The summed E-state index contributed by atoms with van der Waals surface area (Å²) in [7, 11) is 1.97. The molecule has 1 aromatic rings. The third-order valence-electron chi connectivity index (χ3n) is 3.97. The van der Waals surface area contributed by atoms with Gasteiger partial charge in [0.2, 0.25) is 0 Å². The van der Waals surface area contributed by atoms with Crippen molar-refractivity contribution in [1.29, 1.82) is 0 Å². The lowest BCUT2D eigenvalue weighted by Gasteiger charge is -2.38. The number of hydrogen-bond donors (Lipinski definition) is 1. The van der Waals surface area contributed by atoms with Crippen LogP contribution in [0.15, 0.2) is 18.3 Å². The smallest absolute Gasteiger partial charge is 0.129 e. The standard InChI is InChI=1S/C14H21N3O/c1-15-10-11-5-6-16-14(9-11)17-7-8-18-13-4-2-3-12(13)17/h5-6,9,12-13,15H,2-4,7-8,10H2,1H3. The number of morpholine rings is 1. The van der Waals surface area contributed by atoms with Gasteiger partial charge >= 0.3 is 0 Å². The lowest BCUT2D eigenvalue weighted by Crippen LogP contribution is -2.49. The first-order valence-corrected chi connectivity index (χ1v) is 6.86. The van der Waals surface area contributed by atoms with Crippen LogP contribution in [0.5, 0.6) is 0 Å². The number of fused-ring (bicyclic) bond motifs is 1. The Bertz CT molecular complexity index is 410. The molecule has 1 aliphatic heterocycles. The van der Waals surface area contributed by atoms with Gasteiger partial charge in [-0.15, -0.1) is 0 Å². The quantitative estimate of drug-likeness (QED) is 0.879. The Balaban J connectivity index is 1.82. The number of nitrogens with one attached hydrogen (secondary N) is 1. The zero-order valence-electron chi connectivity index (χ0n) is 10.9. The summed E-state index contributed by atoms with van der Waals surface area (Å²) in [5, 5.41) is 3.19. The van der Waals surface area contributed by atoms with E-state index in [0.717, 1.165) is 25.5 Å². The van der Waals surface area contributed by atoms with Gasteiger partial charge in [-0.25, -0.2) is 4.98 Å². The molecule has 1 saturated carbocycles. The van der Waals surface area contributed by atoms with E-state index in [0.29, 0.717) is 12.1 Å². The first-order valence-electron chi connectivity index (χ1n) is 6.86. The lowest BCUT2D eigenvalue weighted by atomic mass is 10.1. The predicted molar refractivity (Wildman–Crippen MR) is 71.7 cm³/mol. The molecule has 3 rings (SSSR count). The van der Waals surface area contributed by atoms with Crippen LogP contribution in [0.25, 0.3) is 0 Å². The minimum absolute atomic E-state index is 0.425. The van der Waals surface area contributed by atoms with Crippen LogP contribution in [-0.4, -0.2) is 37.3 Å². The van der Waals surface area contributed by atoms with Crippen molar-refractivity contribution < 1.29 is 4.74 Å². The van der Waals surface area contributed by atoms with Crippen LogP contribution < -0.4 is 10.2 Å². The zero-order chi connectivity index (χ0) is 12.4. The van der Waals surface area contributed by atoms with Gasteiger partial charge in [-0.05, 0) is 44.0 Å². The average Bonchev–Trinajstić information content (AvgIpc) is 2.87. The summed E-state index contributed by atoms with van der Waals surface area (Å²) in [6.07, 6.45) is 6.07. The third kappa shape index (κ3) is 2.22. The number of nitrogens with zero attached hydrogens (tertiary/aromatic N) is 2. The largest absolute Gasteiger partial charge is 0.374 e. The molecule has 1 N–H and O–H groups in total. The number of rotatable bonds is 3. The van der Waals surface area contributed by atoms with Gasteiger partial charge in [0.25, 0.3) is 0 Å². The fraction of sp³-hybridized carbons (Fsp3) is 0.643. The number of pyridine rings is 1. The van der Waals surface area contributed by atoms with Gasteiger partial charge in [-0.1, -0.05) is 0 Å². The highest BCUT2D eigenvalue weighted by Gasteiger charge is 2.36. The molecule has 98 valence electrons. The van der Waals surface area contributed by atoms with Crippen molar-refractivity contribution in [2.45, 2.75) is 38.0 Å². The molecule has 2 fully saturated rings. The molecule has 1 aliphatic carbocycles. The minimum Gasteiger partial charge on any atom is -0.374 e. The zero-order valence-corrected chi connectivity index (χ0v) is 10.9. The first-order chi connectivity index (χ1) is 8.88. The molecule has 2 atom stereocenters. The molecule has 2 heterocycles. The maximum atomic E-state index is 5.85. The van der Waals surface area contributed by atoms with E-state index in [1.807, 2.05) is 13.2 Å². The molecule has 4 heteroatoms. The topological polar surface area (TPSA) is 37.4 Å². The van der Waals surface area contributed by atoms with Crippen LogP contribution in [0.2, 0.25) is 0 Å². The number of anilines is 1. The summed E-state index contributed by atoms with van der Waals surface area (Å²) < 4.78 is 5.85. The summed E-state index contributed by atoms with van der Waals surface area (Å²) in [6, 6.07) is 4.82. The summed E-state index contributed by atoms with van der Waals surface area (Å²) >= 11 is 0. The monoisotopic (exact) mass is 247 g/mol. The molecule has 18 heavy (non-hydrogen) atoms. The molecule has 0 bridgehead atoms. The Labute approximate surface area is 108 Å². The molecule has 2 aliphatic rings. The first kappa shape index (κ1) is 11.9. The highest BCUT2D eigenvalue weighted by Crippen LogP contribution is 2.32. The highest BCUT2D eigenvalue weighted by molar-refractivity contribution is 5.43. The van der Waals surface area contributed by atoms with Crippen molar-refractivity contribution in [3.8, 4) is 0 Å². The maximum absolute atomic E-state index is 5.85. The molecule has 0 radical (unpaired) electrons. The second-order valence-electron chi connectivity index (χ2n) is 5.15. The van der Waals surface area contributed by atoms with Crippen molar-refractivity contribution in [1.82, 2.24) is 10.3 Å². The fourth-order valence-corrected chi connectivity index (χ4v) is 3.14. The summed E-state index contributed by atoms with van der Waals surface area (Å²) in [4.78, 5) is 6.99. The molecular formula is C14H21N3O. The van der Waals surface area contributed by atoms with Crippen molar-refractivity contribution in [2.75, 3.05) is 25.1 Å². The molecule has 1 aromatic heterocycles. The van der Waals surface area contributed by atoms with Gasteiger partial charge in [0.15, 0.2) is 0 Å². The van der Waals surface area contributed by atoms with Gasteiger partial charge in [0, 0.05) is 19.3 Å². The Morgan fingerprint density at radius 1 is 1.50 bits per heavy atom. The molecular weight excluding hydrogens is 226 g/mol. The Hall–Kier alpha value is -1.13. The van der Waals surface area contributed by atoms with Crippen molar-refractivity contribution in [3.05, 3.63) is 23.9 Å². The molecule has 0 aromatic carbocycles. The minimum atomic E-state index is 0.425. The van der Waals surface area contributed by atoms with E-state index < -0.39 is 0 Å². The van der Waals surface area contributed by atoms with E-state index in [1.165, 1.54) is 24.8 Å². The van der Waals surface area contributed by atoms with E-state index in [1.54, 1.807) is 0 Å². The van der Waals surface area contributed by atoms with Crippen LogP contribution >= 0.6 is 0 Å². The Kier molecular flexibility index (Phi) is 3.48. The van der Waals surface area contributed by atoms with Crippen molar-refractivity contribution in [2.24, 2.45) is 0 Å². The third-order valence-corrected chi connectivity index (χ3v) is 3.97. The summed E-state index contributed by atoms with van der Waals surface area (Å²) in [6.45, 7) is 2.70. The molecule has 4 nitrogen and oxygen atoms in total. The van der Waals surface area contributed by atoms with Crippen molar-refractivity contribution >= 4 is 5.82 Å². The van der Waals surface area contributed by atoms with E-state index in [9.17, 15) is 0 Å². The van der Waals surface area contributed by atoms with Gasteiger partial charge < -0.3 is 15.0 Å². The van der Waals surface area contributed by atoms with Crippen LogP contribution in [0, 0.1) is 0 Å². The second kappa shape index (κ2) is 5.24. The fourth-order valence-electron chi connectivity index (χ4n) is 3.14. The maximum Gasteiger partial charge on any atom is 0.129 e. The average molecular weight is 247 g/mol. The van der Waals surface area contributed by atoms with Crippen LogP contribution in [-0.2, 0) is 11.3 Å². The molecule has 2 unspecified atom stereocenters. The van der Waals surface area contributed by atoms with E-state index in [4.69, 9.17) is 4.74 Å². The highest BCUT2D eigenvalue weighted by atomic mass is 16.5. The lowest BCUT2D eigenvalue weighted by molar-refractivity contribution is 0.0253. The van der Waals surface area contributed by atoms with Gasteiger partial charge in [0.1, 0.15) is 5.82 Å². The van der Waals surface area contributed by atoms with E-state index >= 15 is 0 Å². The molecule has 1 saturated heterocycles.